The normalized spacial score (nSPS) is 18.9. The molecule has 0 fully saturated rings. The van der Waals surface area contributed by atoms with Gasteiger partial charge in [-0.15, -0.1) is 0 Å². The molecule has 1 amide bonds. The first kappa shape index (κ1) is 19.2. The Bertz CT molecular complexity index is 827. The summed E-state index contributed by atoms with van der Waals surface area (Å²) in [5.41, 5.74) is 3.38. The summed E-state index contributed by atoms with van der Waals surface area (Å²) in [6, 6.07) is 0. The van der Waals surface area contributed by atoms with Gasteiger partial charge in [0.2, 0.25) is 5.78 Å². The maximum Gasteiger partial charge on any atom is 0.410 e. The molecule has 3 rings (SSSR count). The summed E-state index contributed by atoms with van der Waals surface area (Å²) in [6.07, 6.45) is 2.63. The summed E-state index contributed by atoms with van der Waals surface area (Å²) in [5.74, 6) is -0.0397. The van der Waals surface area contributed by atoms with Crippen molar-refractivity contribution in [2.45, 2.75) is 52.3 Å². The molecule has 0 bridgehead atoms. The average Bonchev–Trinajstić information content (AvgIpc) is 2.82. The number of aromatic nitrogens is 2. The summed E-state index contributed by atoms with van der Waals surface area (Å²) < 4.78 is 7.25. The molecule has 0 aromatic carbocycles. The second-order valence-electron chi connectivity index (χ2n) is 8.46. The first-order valence-electron chi connectivity index (χ1n) is 9.20. The van der Waals surface area contributed by atoms with Crippen molar-refractivity contribution in [3.8, 4) is 0 Å². The number of Topliss-reactive ketones (excluding diaryl/α,β-unsaturated/α-hetero) is 1. The molecule has 1 aromatic heterocycles. The topological polar surface area (TPSA) is 67.7 Å². The Hall–Kier alpha value is -2.57. The van der Waals surface area contributed by atoms with Crippen molar-refractivity contribution in [1.29, 1.82) is 0 Å². The molecule has 0 unspecified atom stereocenters. The highest BCUT2D eigenvalue weighted by Crippen LogP contribution is 2.30. The van der Waals surface area contributed by atoms with E-state index < -0.39 is 5.60 Å². The second kappa shape index (κ2) is 6.87. The van der Waals surface area contributed by atoms with Crippen molar-refractivity contribution in [3.05, 3.63) is 40.9 Å². The highest BCUT2D eigenvalue weighted by molar-refractivity contribution is 6.09. The Morgan fingerprint density at radius 2 is 2.00 bits per heavy atom. The third kappa shape index (κ3) is 4.07. The van der Waals surface area contributed by atoms with E-state index in [1.807, 2.05) is 46.0 Å². The van der Waals surface area contributed by atoms with Gasteiger partial charge in [-0.3, -0.25) is 9.48 Å². The molecular weight excluding hydrogens is 344 g/mol. The molecular formula is C20H28N4O3. The van der Waals surface area contributed by atoms with E-state index >= 15 is 0 Å². The van der Waals surface area contributed by atoms with Crippen LogP contribution >= 0.6 is 0 Å². The number of allylic oxidation sites excluding steroid dienone is 2. The van der Waals surface area contributed by atoms with E-state index in [4.69, 9.17) is 4.74 Å². The standard InChI is InChI=1S/C20H28N4O3/c1-13-9-14(11-22(5)6)18(25)17-15-12-23(19(26)27-20(2,3)4)8-7-16(15)21-24(17)10-13/h11H,1,7-10,12H2,2-6H3. The third-order valence-corrected chi connectivity index (χ3v) is 4.49. The van der Waals surface area contributed by atoms with Crippen molar-refractivity contribution in [2.75, 3.05) is 20.6 Å². The highest BCUT2D eigenvalue weighted by Gasteiger charge is 2.34. The van der Waals surface area contributed by atoms with Crippen LogP contribution in [0.5, 0.6) is 0 Å². The van der Waals surface area contributed by atoms with Crippen LogP contribution in [-0.2, 0) is 24.2 Å². The van der Waals surface area contributed by atoms with E-state index in [-0.39, 0.29) is 11.9 Å². The number of fused-ring (bicyclic) bond motifs is 3. The molecule has 0 atom stereocenters. The lowest BCUT2D eigenvalue weighted by Gasteiger charge is -2.29. The SMILES string of the molecule is C=C1CC(=CN(C)C)C(=O)c2c3c(nn2C1)CCN(C(=O)OC(C)(C)C)C3. The minimum absolute atomic E-state index is 0.0397. The number of hydrogen-bond acceptors (Lipinski definition) is 5. The van der Waals surface area contributed by atoms with Crippen LogP contribution in [0, 0.1) is 0 Å². The average molecular weight is 372 g/mol. The predicted octanol–water partition coefficient (Wildman–Crippen LogP) is 2.76. The zero-order valence-electron chi connectivity index (χ0n) is 16.8. The number of ether oxygens (including phenoxy) is 1. The fourth-order valence-corrected chi connectivity index (χ4v) is 3.46. The van der Waals surface area contributed by atoms with Crippen LogP contribution in [0.15, 0.2) is 23.9 Å². The maximum absolute atomic E-state index is 13.2. The van der Waals surface area contributed by atoms with Crippen LogP contribution in [0.1, 0.15) is 48.9 Å². The van der Waals surface area contributed by atoms with Crippen LogP contribution in [0.2, 0.25) is 0 Å². The van der Waals surface area contributed by atoms with E-state index in [1.54, 1.807) is 9.58 Å². The summed E-state index contributed by atoms with van der Waals surface area (Å²) in [4.78, 5) is 29.2. The number of nitrogens with zero attached hydrogens (tertiary/aromatic N) is 4. The summed E-state index contributed by atoms with van der Waals surface area (Å²) >= 11 is 0. The van der Waals surface area contributed by atoms with E-state index in [9.17, 15) is 9.59 Å². The number of rotatable bonds is 1. The lowest BCUT2D eigenvalue weighted by molar-refractivity contribution is 0.0222. The van der Waals surface area contributed by atoms with Gasteiger partial charge >= 0.3 is 6.09 Å². The minimum atomic E-state index is -0.553. The molecule has 0 spiro atoms. The fraction of sp³-hybridized carbons (Fsp3) is 0.550. The van der Waals surface area contributed by atoms with E-state index in [1.165, 1.54) is 0 Å². The maximum atomic E-state index is 13.2. The minimum Gasteiger partial charge on any atom is -0.444 e. The molecule has 7 heteroatoms. The first-order valence-corrected chi connectivity index (χ1v) is 9.20. The fourth-order valence-electron chi connectivity index (χ4n) is 3.46. The van der Waals surface area contributed by atoms with Gasteiger partial charge < -0.3 is 14.5 Å². The smallest absolute Gasteiger partial charge is 0.410 e. The first-order chi connectivity index (χ1) is 12.5. The lowest BCUT2D eigenvalue weighted by atomic mass is 9.98. The Labute approximate surface area is 160 Å². The molecule has 7 nitrogen and oxygen atoms in total. The second-order valence-corrected chi connectivity index (χ2v) is 8.46. The van der Waals surface area contributed by atoms with Gasteiger partial charge in [0.05, 0.1) is 18.8 Å². The van der Waals surface area contributed by atoms with E-state index in [0.717, 1.165) is 16.8 Å². The summed E-state index contributed by atoms with van der Waals surface area (Å²) in [5, 5.41) is 4.65. The van der Waals surface area contributed by atoms with Gasteiger partial charge in [0.15, 0.2) is 0 Å². The van der Waals surface area contributed by atoms with Gasteiger partial charge in [-0.05, 0) is 20.8 Å². The molecule has 2 aliphatic rings. The number of carbonyl (C=O) groups excluding carboxylic acids is 2. The molecule has 0 N–H and O–H groups in total. The molecule has 0 aliphatic carbocycles. The quantitative estimate of drug-likeness (QED) is 0.560. The van der Waals surface area contributed by atoms with Crippen LogP contribution in [0.3, 0.4) is 0 Å². The Morgan fingerprint density at radius 1 is 1.30 bits per heavy atom. The van der Waals surface area contributed by atoms with Gasteiger partial charge in [-0.25, -0.2) is 4.79 Å². The van der Waals surface area contributed by atoms with Crippen molar-refractivity contribution >= 4 is 11.9 Å². The Balaban J connectivity index is 1.96. The largest absolute Gasteiger partial charge is 0.444 e. The molecule has 0 radical (unpaired) electrons. The van der Waals surface area contributed by atoms with Crippen LogP contribution in [-0.4, -0.2) is 57.7 Å². The predicted molar refractivity (Wildman–Crippen MR) is 102 cm³/mol. The van der Waals surface area contributed by atoms with Gasteiger partial charge in [0, 0.05) is 50.8 Å². The Kier molecular flexibility index (Phi) is 4.88. The molecule has 3 heterocycles. The monoisotopic (exact) mass is 372 g/mol. The lowest BCUT2D eigenvalue weighted by Crippen LogP contribution is -2.40. The van der Waals surface area contributed by atoms with Gasteiger partial charge in [-0.2, -0.15) is 5.10 Å². The molecule has 146 valence electrons. The van der Waals surface area contributed by atoms with Crippen molar-refractivity contribution < 1.29 is 14.3 Å². The summed E-state index contributed by atoms with van der Waals surface area (Å²) in [6.45, 7) is 11.0. The zero-order chi connectivity index (χ0) is 19.9. The molecule has 2 aliphatic heterocycles. The van der Waals surface area contributed by atoms with Gasteiger partial charge in [-0.1, -0.05) is 12.2 Å². The van der Waals surface area contributed by atoms with Gasteiger partial charge in [0.1, 0.15) is 11.3 Å². The van der Waals surface area contributed by atoms with Crippen LogP contribution in [0.4, 0.5) is 4.79 Å². The number of ketones is 1. The van der Waals surface area contributed by atoms with E-state index in [2.05, 4.69) is 11.7 Å². The molecule has 0 saturated heterocycles. The number of carbonyl (C=O) groups is 2. The highest BCUT2D eigenvalue weighted by atomic mass is 16.6. The van der Waals surface area contributed by atoms with Crippen molar-refractivity contribution in [3.63, 3.8) is 0 Å². The van der Waals surface area contributed by atoms with Crippen LogP contribution in [0.25, 0.3) is 0 Å². The summed E-state index contributed by atoms with van der Waals surface area (Å²) in [7, 11) is 3.79. The van der Waals surface area contributed by atoms with Gasteiger partial charge in [0.25, 0.3) is 0 Å². The Morgan fingerprint density at radius 3 is 2.63 bits per heavy atom. The molecule has 27 heavy (non-hydrogen) atoms. The van der Waals surface area contributed by atoms with Crippen molar-refractivity contribution in [2.24, 2.45) is 0 Å². The number of amides is 1. The van der Waals surface area contributed by atoms with Crippen molar-refractivity contribution in [1.82, 2.24) is 19.6 Å². The molecule has 1 aromatic rings. The molecule has 0 saturated carbocycles. The van der Waals surface area contributed by atoms with E-state index in [0.29, 0.717) is 43.7 Å². The number of hydrogen-bond donors (Lipinski definition) is 0. The van der Waals surface area contributed by atoms with Crippen LogP contribution < -0.4 is 0 Å². The third-order valence-electron chi connectivity index (χ3n) is 4.49. The zero-order valence-corrected chi connectivity index (χ0v) is 16.8.